The molecule has 2 fully saturated rings. The van der Waals surface area contributed by atoms with E-state index >= 15 is 4.39 Å². The summed E-state index contributed by atoms with van der Waals surface area (Å²) < 4.78 is 49.6. The van der Waals surface area contributed by atoms with Gasteiger partial charge in [-0.3, -0.25) is 4.79 Å². The number of hydrogen-bond acceptors (Lipinski definition) is 4. The summed E-state index contributed by atoms with van der Waals surface area (Å²) in [7, 11) is -1.88. The van der Waals surface area contributed by atoms with Crippen molar-refractivity contribution in [3.05, 3.63) is 71.0 Å². The maximum Gasteiger partial charge on any atom is 0.221 e. The highest BCUT2D eigenvalue weighted by atomic mass is 32.2. The van der Waals surface area contributed by atoms with E-state index in [2.05, 4.69) is 0 Å². The van der Waals surface area contributed by atoms with E-state index < -0.39 is 21.1 Å². The van der Waals surface area contributed by atoms with E-state index in [-0.39, 0.29) is 23.9 Å². The first-order chi connectivity index (χ1) is 16.6. The fourth-order valence-electron chi connectivity index (χ4n) is 5.39. The first-order valence-electron chi connectivity index (χ1n) is 12.3. The van der Waals surface area contributed by atoms with Gasteiger partial charge in [0, 0.05) is 57.3 Å². The molecule has 4 rings (SSSR count). The number of rotatable bonds is 6. The Morgan fingerprint density at radius 2 is 1.83 bits per heavy atom. The predicted octanol–water partition coefficient (Wildman–Crippen LogP) is 4.41. The van der Waals surface area contributed by atoms with Gasteiger partial charge < -0.3 is 9.64 Å². The SMILES string of the molecule is CC(=O)N(C)CC1(c2ccc(CN3[C@@H](C)CC[C@H](c4ccccc4)S3(=O)=O)c(F)c2)CCOCC1. The standard InChI is InChI=1S/C27H35FN2O4S/c1-20-9-12-26(22-7-5-4-6-8-22)35(32,33)30(20)18-23-10-11-24(17-25(23)28)27(13-15-34-16-14-27)19-29(3)21(2)31/h4-8,10-11,17,20,26H,9,12-16,18-19H2,1-3H3/t20-,26+/m0/s1. The quantitative estimate of drug-likeness (QED) is 0.587. The second kappa shape index (κ2) is 10.4. The maximum absolute atomic E-state index is 15.5. The summed E-state index contributed by atoms with van der Waals surface area (Å²) in [4.78, 5) is 13.6. The van der Waals surface area contributed by atoms with Gasteiger partial charge in [-0.05, 0) is 49.8 Å². The normalized spacial score (nSPS) is 24.1. The van der Waals surface area contributed by atoms with Gasteiger partial charge in [0.2, 0.25) is 15.9 Å². The molecular formula is C27H35FN2O4S. The molecule has 2 aliphatic rings. The summed E-state index contributed by atoms with van der Waals surface area (Å²) >= 11 is 0. The molecule has 0 aliphatic carbocycles. The van der Waals surface area contributed by atoms with Gasteiger partial charge in [0.05, 0.1) is 0 Å². The van der Waals surface area contributed by atoms with Crippen molar-refractivity contribution >= 4 is 15.9 Å². The van der Waals surface area contributed by atoms with Crippen molar-refractivity contribution in [1.82, 2.24) is 9.21 Å². The molecule has 0 saturated carbocycles. The molecule has 0 bridgehead atoms. The van der Waals surface area contributed by atoms with E-state index in [0.717, 1.165) is 17.5 Å². The highest BCUT2D eigenvalue weighted by molar-refractivity contribution is 7.89. The minimum atomic E-state index is -3.64. The first kappa shape index (κ1) is 25.8. The predicted molar refractivity (Wildman–Crippen MR) is 134 cm³/mol. The van der Waals surface area contributed by atoms with Crippen molar-refractivity contribution < 1.29 is 22.3 Å². The lowest BCUT2D eigenvalue weighted by molar-refractivity contribution is -0.129. The second-order valence-electron chi connectivity index (χ2n) is 9.99. The zero-order chi connectivity index (χ0) is 25.2. The van der Waals surface area contributed by atoms with Crippen molar-refractivity contribution in [1.29, 1.82) is 0 Å². The minimum Gasteiger partial charge on any atom is -0.381 e. The number of ether oxygens (including phenoxy) is 1. The van der Waals surface area contributed by atoms with Crippen molar-refractivity contribution in [3.63, 3.8) is 0 Å². The number of hydrogen-bond donors (Lipinski definition) is 0. The maximum atomic E-state index is 15.5. The average molecular weight is 503 g/mol. The molecule has 0 unspecified atom stereocenters. The molecule has 2 aliphatic heterocycles. The molecule has 0 spiro atoms. The molecule has 6 nitrogen and oxygen atoms in total. The number of halogens is 1. The van der Waals surface area contributed by atoms with Gasteiger partial charge in [0.1, 0.15) is 11.1 Å². The molecule has 0 N–H and O–H groups in total. The van der Waals surface area contributed by atoms with Gasteiger partial charge >= 0.3 is 0 Å². The Balaban J connectivity index is 1.61. The Morgan fingerprint density at radius 3 is 2.46 bits per heavy atom. The smallest absolute Gasteiger partial charge is 0.221 e. The van der Waals surface area contributed by atoms with Crippen LogP contribution < -0.4 is 0 Å². The molecule has 35 heavy (non-hydrogen) atoms. The number of likely N-dealkylation sites (N-methyl/N-ethyl adjacent to an activating group) is 1. The van der Waals surface area contributed by atoms with Crippen LogP contribution in [-0.4, -0.2) is 56.4 Å². The van der Waals surface area contributed by atoms with Crippen molar-refractivity contribution in [3.8, 4) is 0 Å². The molecular weight excluding hydrogens is 467 g/mol. The number of benzene rings is 2. The lowest BCUT2D eigenvalue weighted by Gasteiger charge is -2.40. The number of carbonyl (C=O) groups excluding carboxylic acids is 1. The van der Waals surface area contributed by atoms with Gasteiger partial charge in [-0.25, -0.2) is 12.8 Å². The largest absolute Gasteiger partial charge is 0.381 e. The third kappa shape index (κ3) is 5.29. The Hall–Kier alpha value is -2.29. The highest BCUT2D eigenvalue weighted by Gasteiger charge is 2.41. The summed E-state index contributed by atoms with van der Waals surface area (Å²) in [6.07, 6.45) is 2.66. The lowest BCUT2D eigenvalue weighted by Crippen LogP contribution is -2.45. The summed E-state index contributed by atoms with van der Waals surface area (Å²) in [5.74, 6) is -0.451. The molecule has 8 heteroatoms. The van der Waals surface area contributed by atoms with Gasteiger partial charge in [0.25, 0.3) is 0 Å². The molecule has 0 aromatic heterocycles. The zero-order valence-corrected chi connectivity index (χ0v) is 21.6. The second-order valence-corrected chi connectivity index (χ2v) is 12.1. The molecule has 190 valence electrons. The van der Waals surface area contributed by atoms with Gasteiger partial charge in [-0.1, -0.05) is 42.5 Å². The average Bonchev–Trinajstić information content (AvgIpc) is 2.83. The summed E-state index contributed by atoms with van der Waals surface area (Å²) in [6, 6.07) is 14.2. The van der Waals surface area contributed by atoms with Crippen LogP contribution in [0, 0.1) is 5.82 Å². The van der Waals surface area contributed by atoms with Crippen LogP contribution in [0.1, 0.15) is 61.5 Å². The molecule has 2 aromatic carbocycles. The van der Waals surface area contributed by atoms with Crippen molar-refractivity contribution in [2.75, 3.05) is 26.8 Å². The van der Waals surface area contributed by atoms with E-state index in [4.69, 9.17) is 4.74 Å². The number of sulfonamides is 1. The van der Waals surface area contributed by atoms with Crippen LogP contribution in [0.3, 0.4) is 0 Å². The van der Waals surface area contributed by atoms with Crippen LogP contribution in [0.4, 0.5) is 4.39 Å². The van der Waals surface area contributed by atoms with E-state index in [0.29, 0.717) is 44.6 Å². The fourth-order valence-corrected chi connectivity index (χ4v) is 7.58. The van der Waals surface area contributed by atoms with Crippen LogP contribution in [0.2, 0.25) is 0 Å². The van der Waals surface area contributed by atoms with Gasteiger partial charge in [-0.2, -0.15) is 4.31 Å². The number of nitrogens with zero attached hydrogens (tertiary/aromatic N) is 2. The monoisotopic (exact) mass is 502 g/mol. The van der Waals surface area contributed by atoms with E-state index in [1.54, 1.807) is 18.0 Å². The van der Waals surface area contributed by atoms with Crippen LogP contribution in [0.25, 0.3) is 0 Å². The van der Waals surface area contributed by atoms with Gasteiger partial charge in [-0.15, -0.1) is 0 Å². The molecule has 2 aromatic rings. The van der Waals surface area contributed by atoms with E-state index in [1.807, 2.05) is 43.3 Å². The first-order valence-corrected chi connectivity index (χ1v) is 13.8. The van der Waals surface area contributed by atoms with Crippen LogP contribution in [0.5, 0.6) is 0 Å². The molecule has 2 heterocycles. The van der Waals surface area contributed by atoms with Gasteiger partial charge in [0.15, 0.2) is 0 Å². The molecule has 2 atom stereocenters. The number of carbonyl (C=O) groups is 1. The Bertz CT molecular complexity index is 1150. The van der Waals surface area contributed by atoms with E-state index in [9.17, 15) is 13.2 Å². The molecule has 1 amide bonds. The lowest BCUT2D eigenvalue weighted by atomic mass is 9.73. The summed E-state index contributed by atoms with van der Waals surface area (Å²) in [5, 5.41) is -0.616. The Labute approximate surface area is 208 Å². The number of amides is 1. The highest BCUT2D eigenvalue weighted by Crippen LogP contribution is 2.39. The third-order valence-electron chi connectivity index (χ3n) is 7.71. The van der Waals surface area contributed by atoms with E-state index in [1.165, 1.54) is 17.3 Å². The third-order valence-corrected chi connectivity index (χ3v) is 10.1. The fraction of sp³-hybridized carbons (Fsp3) is 0.519. The molecule has 2 saturated heterocycles. The summed E-state index contributed by atoms with van der Waals surface area (Å²) in [5.41, 5.74) is 1.57. The van der Waals surface area contributed by atoms with Crippen LogP contribution >= 0.6 is 0 Å². The zero-order valence-electron chi connectivity index (χ0n) is 20.7. The topological polar surface area (TPSA) is 66.9 Å². The van der Waals surface area contributed by atoms with Crippen LogP contribution in [-0.2, 0) is 31.5 Å². The van der Waals surface area contributed by atoms with Crippen molar-refractivity contribution in [2.24, 2.45) is 0 Å². The van der Waals surface area contributed by atoms with Crippen LogP contribution in [0.15, 0.2) is 48.5 Å². The molecule has 0 radical (unpaired) electrons. The van der Waals surface area contributed by atoms with Crippen molar-refractivity contribution in [2.45, 2.75) is 62.8 Å². The minimum absolute atomic E-state index is 0.00239. The summed E-state index contributed by atoms with van der Waals surface area (Å²) in [6.45, 7) is 5.02. The Morgan fingerprint density at radius 1 is 1.14 bits per heavy atom. The Kier molecular flexibility index (Phi) is 7.64.